The third kappa shape index (κ3) is 2.79. The molecule has 3 nitrogen and oxygen atoms in total. The molecule has 0 saturated carbocycles. The van der Waals surface area contributed by atoms with Crippen LogP contribution in [0.5, 0.6) is 0 Å². The lowest BCUT2D eigenvalue weighted by Crippen LogP contribution is -2.22. The molecular weight excluding hydrogens is 295 g/mol. The first-order chi connectivity index (χ1) is 9.04. The second kappa shape index (κ2) is 4.96. The molecule has 0 aliphatic rings. The number of nitriles is 2. The highest BCUT2D eigenvalue weighted by atomic mass is 19.4. The summed E-state index contributed by atoms with van der Waals surface area (Å²) >= 11 is 0. The van der Waals surface area contributed by atoms with Gasteiger partial charge in [-0.3, -0.25) is 0 Å². The van der Waals surface area contributed by atoms with Crippen LogP contribution in [0.1, 0.15) is 22.5 Å². The van der Waals surface area contributed by atoms with Gasteiger partial charge in [-0.25, -0.2) is 9.37 Å². The minimum Gasteiger partial charge on any atom is -0.229 e. The highest BCUT2D eigenvalue weighted by molar-refractivity contribution is 5.42. The van der Waals surface area contributed by atoms with Crippen LogP contribution in [0.2, 0.25) is 0 Å². The predicted octanol–water partition coefficient (Wildman–Crippen LogP) is 3.20. The Bertz CT molecular complexity index is 616. The van der Waals surface area contributed by atoms with Crippen LogP contribution in [0.25, 0.3) is 0 Å². The van der Waals surface area contributed by atoms with E-state index in [1.54, 1.807) is 0 Å². The fraction of sp³-hybridized carbons (Fsp3) is 0.300. The Kier molecular flexibility index (Phi) is 3.89. The Morgan fingerprint density at radius 1 is 1.00 bits per heavy atom. The molecule has 0 unspecified atom stereocenters. The maximum Gasteiger partial charge on any atom is 0.433 e. The molecule has 10 heteroatoms. The minimum atomic E-state index is -5.50. The molecule has 0 amide bonds. The molecule has 0 fully saturated rings. The van der Waals surface area contributed by atoms with Gasteiger partial charge in [0.25, 0.3) is 0 Å². The minimum absolute atomic E-state index is 0.821. The van der Waals surface area contributed by atoms with Gasteiger partial charge >= 0.3 is 12.4 Å². The summed E-state index contributed by atoms with van der Waals surface area (Å²) < 4.78 is 89.3. The standard InChI is InChI=1S/C10H2F7N3/c11-7-5(3-19)20-8(10(15,16)17)4(1-2-18)6(7)9(12,13)14/h1H2. The van der Waals surface area contributed by atoms with Crippen LogP contribution in [0, 0.1) is 28.5 Å². The first-order valence-corrected chi connectivity index (χ1v) is 4.67. The number of hydrogen-bond donors (Lipinski definition) is 0. The topological polar surface area (TPSA) is 60.5 Å². The van der Waals surface area contributed by atoms with Crippen LogP contribution < -0.4 is 0 Å². The van der Waals surface area contributed by atoms with Crippen molar-refractivity contribution in [3.05, 3.63) is 28.3 Å². The van der Waals surface area contributed by atoms with Gasteiger partial charge in [-0.15, -0.1) is 0 Å². The quantitative estimate of drug-likeness (QED) is 0.748. The normalized spacial score (nSPS) is 11.8. The molecule has 0 bridgehead atoms. The fourth-order valence-corrected chi connectivity index (χ4v) is 1.45. The number of hydrogen-bond acceptors (Lipinski definition) is 3. The molecule has 0 aliphatic carbocycles. The Morgan fingerprint density at radius 3 is 1.90 bits per heavy atom. The van der Waals surface area contributed by atoms with Gasteiger partial charge in [-0.05, 0) is 0 Å². The maximum atomic E-state index is 13.4. The molecule has 0 atom stereocenters. The lowest BCUT2D eigenvalue weighted by Gasteiger charge is -2.17. The van der Waals surface area contributed by atoms with Crippen LogP contribution in [-0.2, 0) is 18.8 Å². The first-order valence-electron chi connectivity index (χ1n) is 4.67. The van der Waals surface area contributed by atoms with Crippen molar-refractivity contribution in [2.24, 2.45) is 0 Å². The molecule has 0 spiro atoms. The van der Waals surface area contributed by atoms with E-state index < -0.39 is 47.1 Å². The Labute approximate surface area is 106 Å². The van der Waals surface area contributed by atoms with Crippen molar-refractivity contribution in [1.29, 1.82) is 10.5 Å². The molecule has 1 rings (SSSR count). The zero-order valence-electron chi connectivity index (χ0n) is 9.19. The second-order valence-corrected chi connectivity index (χ2v) is 3.42. The molecule has 0 aromatic carbocycles. The van der Waals surface area contributed by atoms with Crippen LogP contribution in [0.15, 0.2) is 0 Å². The molecule has 20 heavy (non-hydrogen) atoms. The van der Waals surface area contributed by atoms with Gasteiger partial charge in [-0.2, -0.15) is 36.9 Å². The van der Waals surface area contributed by atoms with Crippen LogP contribution >= 0.6 is 0 Å². The van der Waals surface area contributed by atoms with E-state index in [4.69, 9.17) is 10.5 Å². The van der Waals surface area contributed by atoms with Crippen molar-refractivity contribution in [2.75, 3.05) is 0 Å². The number of rotatable bonds is 1. The number of aromatic nitrogens is 1. The summed E-state index contributed by atoms with van der Waals surface area (Å²) in [7, 11) is 0. The van der Waals surface area contributed by atoms with Gasteiger partial charge in [0.1, 0.15) is 11.6 Å². The molecule has 0 aliphatic heterocycles. The third-order valence-electron chi connectivity index (χ3n) is 2.15. The summed E-state index contributed by atoms with van der Waals surface area (Å²) in [6.07, 6.45) is -12.2. The van der Waals surface area contributed by atoms with E-state index in [0.29, 0.717) is 0 Å². The van der Waals surface area contributed by atoms with E-state index in [2.05, 4.69) is 4.98 Å². The van der Waals surface area contributed by atoms with E-state index in [1.807, 2.05) is 0 Å². The third-order valence-corrected chi connectivity index (χ3v) is 2.15. The monoisotopic (exact) mass is 297 g/mol. The molecule has 1 aromatic rings. The Morgan fingerprint density at radius 2 is 1.55 bits per heavy atom. The van der Waals surface area contributed by atoms with E-state index >= 15 is 0 Å². The second-order valence-electron chi connectivity index (χ2n) is 3.42. The number of nitrogens with zero attached hydrogens (tertiary/aromatic N) is 3. The zero-order valence-corrected chi connectivity index (χ0v) is 9.19. The first kappa shape index (κ1) is 15.7. The number of alkyl halides is 6. The van der Waals surface area contributed by atoms with Crippen molar-refractivity contribution >= 4 is 0 Å². The van der Waals surface area contributed by atoms with E-state index in [0.717, 1.165) is 12.1 Å². The molecule has 0 N–H and O–H groups in total. The highest BCUT2D eigenvalue weighted by Gasteiger charge is 2.45. The molecule has 1 heterocycles. The van der Waals surface area contributed by atoms with Gasteiger partial charge in [0.2, 0.25) is 0 Å². The molecule has 1 aromatic heterocycles. The van der Waals surface area contributed by atoms with Gasteiger partial charge in [0.15, 0.2) is 17.2 Å². The summed E-state index contributed by atoms with van der Waals surface area (Å²) in [5.41, 5.74) is -7.66. The smallest absolute Gasteiger partial charge is 0.229 e. The van der Waals surface area contributed by atoms with Crippen molar-refractivity contribution < 1.29 is 30.7 Å². The Hall–Kier alpha value is -2.36. The van der Waals surface area contributed by atoms with E-state index in [1.165, 1.54) is 0 Å². The summed E-state index contributed by atoms with van der Waals surface area (Å²) in [6, 6.07) is 1.90. The zero-order chi connectivity index (χ0) is 15.7. The SMILES string of the molecule is N#CCc1c(C(F)(F)F)nc(C#N)c(F)c1C(F)(F)F. The average Bonchev–Trinajstić information content (AvgIpc) is 2.26. The molecule has 106 valence electrons. The molecule has 0 saturated heterocycles. The predicted molar refractivity (Wildman–Crippen MR) is 48.2 cm³/mol. The molecular formula is C10H2F7N3. The highest BCUT2D eigenvalue weighted by Crippen LogP contribution is 2.40. The van der Waals surface area contributed by atoms with E-state index in [9.17, 15) is 30.7 Å². The van der Waals surface area contributed by atoms with Crippen molar-refractivity contribution in [3.63, 3.8) is 0 Å². The molecule has 0 radical (unpaired) electrons. The van der Waals surface area contributed by atoms with Gasteiger partial charge in [-0.1, -0.05) is 0 Å². The average molecular weight is 297 g/mol. The largest absolute Gasteiger partial charge is 0.433 e. The van der Waals surface area contributed by atoms with Crippen molar-refractivity contribution in [2.45, 2.75) is 18.8 Å². The number of halogens is 7. The van der Waals surface area contributed by atoms with E-state index in [-0.39, 0.29) is 0 Å². The summed E-state index contributed by atoms with van der Waals surface area (Å²) in [5, 5.41) is 16.7. The number of pyridine rings is 1. The van der Waals surface area contributed by atoms with Gasteiger partial charge in [0.05, 0.1) is 12.5 Å². The maximum absolute atomic E-state index is 13.4. The van der Waals surface area contributed by atoms with Crippen LogP contribution in [0.4, 0.5) is 30.7 Å². The van der Waals surface area contributed by atoms with Gasteiger partial charge < -0.3 is 0 Å². The summed E-state index contributed by atoms with van der Waals surface area (Å²) in [6.45, 7) is 0. The lowest BCUT2D eigenvalue weighted by molar-refractivity contribution is -0.148. The van der Waals surface area contributed by atoms with Gasteiger partial charge in [0, 0.05) is 5.56 Å². The summed E-state index contributed by atoms with van der Waals surface area (Å²) in [4.78, 5) is 2.54. The van der Waals surface area contributed by atoms with Crippen LogP contribution in [0.3, 0.4) is 0 Å². The fourth-order valence-electron chi connectivity index (χ4n) is 1.45. The Balaban J connectivity index is 3.90. The van der Waals surface area contributed by atoms with Crippen molar-refractivity contribution in [3.8, 4) is 12.1 Å². The summed E-state index contributed by atoms with van der Waals surface area (Å²) in [5.74, 6) is -2.22. The van der Waals surface area contributed by atoms with Crippen LogP contribution in [-0.4, -0.2) is 4.98 Å². The van der Waals surface area contributed by atoms with Crippen molar-refractivity contribution in [1.82, 2.24) is 4.98 Å². The lowest BCUT2D eigenvalue weighted by atomic mass is 10.0.